The summed E-state index contributed by atoms with van der Waals surface area (Å²) in [6, 6.07) is 3.35. The molecule has 2 heterocycles. The highest BCUT2D eigenvalue weighted by Crippen LogP contribution is 2.26. The van der Waals surface area contributed by atoms with E-state index in [2.05, 4.69) is 9.97 Å². The summed E-state index contributed by atoms with van der Waals surface area (Å²) in [6.45, 7) is 1.86. The van der Waals surface area contributed by atoms with Gasteiger partial charge in [0.05, 0.1) is 17.6 Å². The minimum absolute atomic E-state index is 0.381. The Labute approximate surface area is 86.8 Å². The van der Waals surface area contributed by atoms with Crippen molar-refractivity contribution in [3.63, 3.8) is 0 Å². The second-order valence-corrected chi connectivity index (χ2v) is 3.25. The third-order valence-corrected chi connectivity index (χ3v) is 2.24. The third kappa shape index (κ3) is 1.66. The van der Waals surface area contributed by atoms with E-state index in [0.717, 1.165) is 11.8 Å². The van der Waals surface area contributed by atoms with Crippen LogP contribution in [0.1, 0.15) is 5.56 Å². The molecule has 2 aromatic heterocycles. The van der Waals surface area contributed by atoms with E-state index in [1.165, 1.54) is 6.20 Å². The molecule has 0 aliphatic rings. The van der Waals surface area contributed by atoms with Gasteiger partial charge < -0.3 is 5.73 Å². The van der Waals surface area contributed by atoms with Crippen molar-refractivity contribution in [2.75, 3.05) is 5.73 Å². The Morgan fingerprint density at radius 3 is 2.80 bits per heavy atom. The van der Waals surface area contributed by atoms with Gasteiger partial charge in [-0.15, -0.1) is 0 Å². The van der Waals surface area contributed by atoms with Crippen LogP contribution in [-0.4, -0.2) is 9.97 Å². The van der Waals surface area contributed by atoms with Crippen molar-refractivity contribution >= 4 is 5.69 Å². The summed E-state index contributed by atoms with van der Waals surface area (Å²) in [4.78, 5) is 7.76. The smallest absolute Gasteiger partial charge is 0.150 e. The molecule has 0 unspecified atom stereocenters. The molecule has 0 aliphatic carbocycles. The van der Waals surface area contributed by atoms with Crippen LogP contribution in [0.25, 0.3) is 11.3 Å². The number of anilines is 1. The van der Waals surface area contributed by atoms with Crippen molar-refractivity contribution in [1.29, 1.82) is 0 Å². The molecule has 0 aliphatic heterocycles. The Bertz CT molecular complexity index is 497. The van der Waals surface area contributed by atoms with E-state index in [1.54, 1.807) is 18.3 Å². The summed E-state index contributed by atoms with van der Waals surface area (Å²) >= 11 is 0. The maximum atomic E-state index is 13.4. The molecular weight excluding hydrogens is 193 g/mol. The molecule has 3 nitrogen and oxygen atoms in total. The van der Waals surface area contributed by atoms with Crippen molar-refractivity contribution < 1.29 is 4.39 Å². The highest BCUT2D eigenvalue weighted by atomic mass is 19.1. The highest BCUT2D eigenvalue weighted by molar-refractivity contribution is 5.74. The van der Waals surface area contributed by atoms with Crippen molar-refractivity contribution in [3.8, 4) is 11.3 Å². The van der Waals surface area contributed by atoms with E-state index in [4.69, 9.17) is 5.73 Å². The fraction of sp³-hybridized carbons (Fsp3) is 0.0909. The van der Waals surface area contributed by atoms with Crippen molar-refractivity contribution in [2.24, 2.45) is 0 Å². The first-order valence-corrected chi connectivity index (χ1v) is 4.51. The molecule has 0 saturated carbocycles. The lowest BCUT2D eigenvalue weighted by Crippen LogP contribution is -1.98. The molecule has 2 rings (SSSR count). The largest absolute Gasteiger partial charge is 0.397 e. The Kier molecular flexibility index (Phi) is 2.33. The Hall–Kier alpha value is -1.97. The zero-order chi connectivity index (χ0) is 10.8. The quantitative estimate of drug-likeness (QED) is 0.772. The number of aromatic nitrogens is 2. The van der Waals surface area contributed by atoms with Crippen molar-refractivity contribution in [3.05, 3.63) is 42.1 Å². The lowest BCUT2D eigenvalue weighted by Gasteiger charge is -2.07. The number of hydrogen-bond acceptors (Lipinski definition) is 3. The second-order valence-electron chi connectivity index (χ2n) is 3.25. The molecule has 0 radical (unpaired) electrons. The summed E-state index contributed by atoms with van der Waals surface area (Å²) < 4.78 is 13.4. The highest BCUT2D eigenvalue weighted by Gasteiger charge is 2.10. The predicted molar refractivity (Wildman–Crippen MR) is 56.6 cm³/mol. The van der Waals surface area contributed by atoms with Crippen LogP contribution in [-0.2, 0) is 0 Å². The fourth-order valence-corrected chi connectivity index (χ4v) is 1.35. The normalized spacial score (nSPS) is 10.3. The van der Waals surface area contributed by atoms with Crippen LogP contribution in [0, 0.1) is 12.7 Å². The molecule has 0 atom stereocenters. The monoisotopic (exact) mass is 203 g/mol. The van der Waals surface area contributed by atoms with Crippen molar-refractivity contribution in [2.45, 2.75) is 6.92 Å². The number of halogens is 1. The van der Waals surface area contributed by atoms with E-state index >= 15 is 0 Å². The first-order valence-electron chi connectivity index (χ1n) is 4.51. The van der Waals surface area contributed by atoms with Gasteiger partial charge in [-0.3, -0.25) is 9.97 Å². The van der Waals surface area contributed by atoms with Gasteiger partial charge in [0.2, 0.25) is 0 Å². The summed E-state index contributed by atoms with van der Waals surface area (Å²) in [5.41, 5.74) is 8.07. The zero-order valence-corrected chi connectivity index (χ0v) is 8.24. The molecule has 15 heavy (non-hydrogen) atoms. The van der Waals surface area contributed by atoms with Gasteiger partial charge >= 0.3 is 0 Å². The molecule has 0 amide bonds. The third-order valence-electron chi connectivity index (χ3n) is 2.24. The number of hydrogen-bond donors (Lipinski definition) is 1. The molecule has 0 aromatic carbocycles. The lowest BCUT2D eigenvalue weighted by atomic mass is 10.1. The minimum atomic E-state index is -0.415. The number of rotatable bonds is 1. The average Bonchev–Trinajstić information content (AvgIpc) is 2.23. The maximum absolute atomic E-state index is 13.4. The Balaban J connectivity index is 2.65. The van der Waals surface area contributed by atoms with Gasteiger partial charge in [-0.1, -0.05) is 0 Å². The molecule has 0 saturated heterocycles. The molecule has 0 bridgehead atoms. The Morgan fingerprint density at radius 1 is 1.27 bits per heavy atom. The topological polar surface area (TPSA) is 51.8 Å². The van der Waals surface area contributed by atoms with Gasteiger partial charge in [-0.2, -0.15) is 0 Å². The van der Waals surface area contributed by atoms with Crippen LogP contribution in [0.3, 0.4) is 0 Å². The van der Waals surface area contributed by atoms with E-state index < -0.39 is 5.82 Å². The Morgan fingerprint density at radius 2 is 2.07 bits per heavy atom. The predicted octanol–water partition coefficient (Wildman–Crippen LogP) is 2.17. The number of nitrogens with zero attached hydrogens (tertiary/aromatic N) is 2. The molecule has 0 fully saturated rings. The first-order chi connectivity index (χ1) is 7.20. The molecule has 2 N–H and O–H groups in total. The molecule has 76 valence electrons. The van der Waals surface area contributed by atoms with Gasteiger partial charge in [0.1, 0.15) is 0 Å². The standard InChI is InChI=1S/C11H10FN3/c1-7-2-5-15-11(10(7)13)8-3-4-14-6-9(8)12/h2-6H,13H2,1H3. The minimum Gasteiger partial charge on any atom is -0.397 e. The van der Waals surface area contributed by atoms with Crippen molar-refractivity contribution in [1.82, 2.24) is 9.97 Å². The van der Waals surface area contributed by atoms with Crippen LogP contribution < -0.4 is 5.73 Å². The number of nitrogens with two attached hydrogens (primary N) is 1. The molecule has 2 aromatic rings. The number of aryl methyl sites for hydroxylation is 1. The SMILES string of the molecule is Cc1ccnc(-c2ccncc2F)c1N. The maximum Gasteiger partial charge on any atom is 0.150 e. The van der Waals surface area contributed by atoms with Gasteiger partial charge in [-0.25, -0.2) is 4.39 Å². The average molecular weight is 203 g/mol. The summed E-state index contributed by atoms with van der Waals surface area (Å²) in [7, 11) is 0. The van der Waals surface area contributed by atoms with Gasteiger partial charge in [0.15, 0.2) is 5.82 Å². The van der Waals surface area contributed by atoms with E-state index in [1.807, 2.05) is 6.92 Å². The number of pyridine rings is 2. The molecule has 4 heteroatoms. The van der Waals surface area contributed by atoms with Crippen LogP contribution in [0.5, 0.6) is 0 Å². The van der Waals surface area contributed by atoms with E-state index in [9.17, 15) is 4.39 Å². The van der Waals surface area contributed by atoms with E-state index in [-0.39, 0.29) is 0 Å². The van der Waals surface area contributed by atoms with Gasteiger partial charge in [0.25, 0.3) is 0 Å². The first kappa shape index (κ1) is 9.58. The van der Waals surface area contributed by atoms with Gasteiger partial charge in [0, 0.05) is 18.0 Å². The fourth-order valence-electron chi connectivity index (χ4n) is 1.35. The molecule has 0 spiro atoms. The van der Waals surface area contributed by atoms with Crippen LogP contribution in [0.2, 0.25) is 0 Å². The zero-order valence-electron chi connectivity index (χ0n) is 8.24. The van der Waals surface area contributed by atoms with Crippen LogP contribution in [0.15, 0.2) is 30.7 Å². The van der Waals surface area contributed by atoms with E-state index in [0.29, 0.717) is 16.9 Å². The van der Waals surface area contributed by atoms with Gasteiger partial charge in [-0.05, 0) is 24.6 Å². The summed E-state index contributed by atoms with van der Waals surface area (Å²) in [5.74, 6) is -0.415. The molecular formula is C11H10FN3. The van der Waals surface area contributed by atoms with Crippen LogP contribution in [0.4, 0.5) is 10.1 Å². The summed E-state index contributed by atoms with van der Waals surface area (Å²) in [6.07, 6.45) is 4.28. The lowest BCUT2D eigenvalue weighted by molar-refractivity contribution is 0.624. The second kappa shape index (κ2) is 3.65. The summed E-state index contributed by atoms with van der Waals surface area (Å²) in [5, 5.41) is 0. The van der Waals surface area contributed by atoms with Crippen LogP contribution >= 0.6 is 0 Å². The number of nitrogen functional groups attached to an aromatic ring is 1.